The smallest absolute Gasteiger partial charge is 0.224 e. The number of nitrogens with zero attached hydrogens (tertiary/aromatic N) is 8. The molecule has 1 aromatic carbocycles. The zero-order chi connectivity index (χ0) is 24.6. The van der Waals surface area contributed by atoms with Gasteiger partial charge >= 0.3 is 0 Å². The predicted molar refractivity (Wildman–Crippen MR) is 130 cm³/mol. The van der Waals surface area contributed by atoms with Crippen LogP contribution in [0.4, 0.5) is 0 Å². The van der Waals surface area contributed by atoms with Gasteiger partial charge in [-0.2, -0.15) is 10.4 Å². The monoisotopic (exact) mass is 473 g/mol. The van der Waals surface area contributed by atoms with Crippen LogP contribution >= 0.6 is 0 Å². The molecule has 0 saturated carbocycles. The fourth-order valence-electron chi connectivity index (χ4n) is 4.46. The minimum Gasteiger partial charge on any atom is -0.422 e. The van der Waals surface area contributed by atoms with Crippen molar-refractivity contribution in [1.82, 2.24) is 34.3 Å². The number of imidazole rings is 1. The Kier molecular flexibility index (Phi) is 5.01. The van der Waals surface area contributed by atoms with Crippen LogP contribution in [0.25, 0.3) is 28.5 Å². The number of nitrogens with two attached hydrogens (primary N) is 1. The van der Waals surface area contributed by atoms with Gasteiger partial charge in [-0.3, -0.25) is 9.55 Å². The number of ether oxygens (including phenoxy) is 1. The van der Waals surface area contributed by atoms with Gasteiger partial charge in [0.05, 0.1) is 11.5 Å². The third-order valence-corrected chi connectivity index (χ3v) is 6.07. The Balaban J connectivity index is 1.46. The summed E-state index contributed by atoms with van der Waals surface area (Å²) in [5.41, 5.74) is 11.1. The molecule has 0 fully saturated rings. The average Bonchev–Trinajstić information content (AvgIpc) is 3.54. The third-order valence-electron chi connectivity index (χ3n) is 6.07. The van der Waals surface area contributed by atoms with Crippen LogP contribution in [0.1, 0.15) is 17.0 Å². The SMILES string of the molecule is Cn1nc(-c2cncnc2)c2c1OC(N)=C(C#N)C2c1ccc(-n2ccnc2-c2ccccn2)cc1. The summed E-state index contributed by atoms with van der Waals surface area (Å²) in [4.78, 5) is 17.2. The fourth-order valence-corrected chi connectivity index (χ4v) is 4.46. The van der Waals surface area contributed by atoms with Gasteiger partial charge in [0.25, 0.3) is 0 Å². The topological polar surface area (TPSA) is 133 Å². The summed E-state index contributed by atoms with van der Waals surface area (Å²) < 4.78 is 9.42. The molecule has 5 heterocycles. The normalized spacial score (nSPS) is 14.7. The number of allylic oxidation sites excluding steroid dienone is 1. The molecule has 174 valence electrons. The Morgan fingerprint density at radius 3 is 2.56 bits per heavy atom. The molecular weight excluding hydrogens is 454 g/mol. The van der Waals surface area contributed by atoms with Gasteiger partial charge in [0.2, 0.25) is 11.8 Å². The zero-order valence-electron chi connectivity index (χ0n) is 19.1. The molecule has 36 heavy (non-hydrogen) atoms. The summed E-state index contributed by atoms with van der Waals surface area (Å²) in [5.74, 6) is 0.795. The number of benzene rings is 1. The van der Waals surface area contributed by atoms with Crippen LogP contribution in [-0.4, -0.2) is 34.3 Å². The molecule has 2 N–H and O–H groups in total. The lowest BCUT2D eigenvalue weighted by Crippen LogP contribution is -2.21. The predicted octanol–water partition coefficient (Wildman–Crippen LogP) is 3.34. The number of aryl methyl sites for hydroxylation is 1. The summed E-state index contributed by atoms with van der Waals surface area (Å²) in [6.07, 6.45) is 10.2. The lowest BCUT2D eigenvalue weighted by atomic mass is 9.83. The number of nitriles is 1. The summed E-state index contributed by atoms with van der Waals surface area (Å²) in [6.45, 7) is 0. The summed E-state index contributed by atoms with van der Waals surface area (Å²) in [5, 5.41) is 14.7. The second-order valence-electron chi connectivity index (χ2n) is 8.17. The van der Waals surface area contributed by atoms with E-state index in [4.69, 9.17) is 10.5 Å². The minimum atomic E-state index is -0.477. The van der Waals surface area contributed by atoms with E-state index >= 15 is 0 Å². The summed E-state index contributed by atoms with van der Waals surface area (Å²) in [7, 11) is 1.77. The highest BCUT2D eigenvalue weighted by molar-refractivity contribution is 5.70. The third kappa shape index (κ3) is 3.38. The molecule has 10 heteroatoms. The van der Waals surface area contributed by atoms with Gasteiger partial charge in [-0.15, -0.1) is 0 Å². The lowest BCUT2D eigenvalue weighted by Gasteiger charge is -2.25. The Morgan fingerprint density at radius 2 is 1.83 bits per heavy atom. The van der Waals surface area contributed by atoms with Crippen LogP contribution in [0, 0.1) is 11.3 Å². The maximum absolute atomic E-state index is 10.0. The number of hydrogen-bond donors (Lipinski definition) is 1. The average molecular weight is 474 g/mol. The van der Waals surface area contributed by atoms with E-state index in [9.17, 15) is 5.26 Å². The molecule has 0 amide bonds. The molecule has 0 bridgehead atoms. The molecule has 0 radical (unpaired) electrons. The number of fused-ring (bicyclic) bond motifs is 1. The van der Waals surface area contributed by atoms with E-state index in [0.29, 0.717) is 17.1 Å². The molecule has 4 aromatic heterocycles. The largest absolute Gasteiger partial charge is 0.422 e. The molecule has 0 spiro atoms. The van der Waals surface area contributed by atoms with Gasteiger partial charge < -0.3 is 10.5 Å². The second kappa shape index (κ2) is 8.48. The van der Waals surface area contributed by atoms with E-state index in [1.54, 1.807) is 36.5 Å². The van der Waals surface area contributed by atoms with Crippen LogP contribution in [0.3, 0.4) is 0 Å². The Morgan fingerprint density at radius 1 is 1.03 bits per heavy atom. The Labute approximate surface area is 206 Å². The van der Waals surface area contributed by atoms with Crippen LogP contribution in [0.5, 0.6) is 5.88 Å². The van der Waals surface area contributed by atoms with Crippen molar-refractivity contribution in [3.63, 3.8) is 0 Å². The quantitative estimate of drug-likeness (QED) is 0.420. The summed E-state index contributed by atoms with van der Waals surface area (Å²) in [6, 6.07) is 15.9. The second-order valence-corrected chi connectivity index (χ2v) is 8.17. The first-order valence-corrected chi connectivity index (χ1v) is 11.1. The molecule has 1 aliphatic rings. The molecule has 0 saturated heterocycles. The maximum Gasteiger partial charge on any atom is 0.224 e. The summed E-state index contributed by atoms with van der Waals surface area (Å²) >= 11 is 0. The van der Waals surface area contributed by atoms with Crippen molar-refractivity contribution in [3.05, 3.63) is 102 Å². The molecule has 6 rings (SSSR count). The Bertz CT molecular complexity index is 1630. The van der Waals surface area contributed by atoms with Gasteiger partial charge in [-0.05, 0) is 29.8 Å². The van der Waals surface area contributed by atoms with Crippen LogP contribution in [0.2, 0.25) is 0 Å². The molecule has 10 nitrogen and oxygen atoms in total. The van der Waals surface area contributed by atoms with Crippen molar-refractivity contribution in [2.75, 3.05) is 0 Å². The first kappa shape index (κ1) is 21.2. The molecule has 0 aliphatic carbocycles. The molecule has 5 aromatic rings. The van der Waals surface area contributed by atoms with E-state index in [0.717, 1.165) is 33.9 Å². The first-order valence-electron chi connectivity index (χ1n) is 11.1. The highest BCUT2D eigenvalue weighted by Gasteiger charge is 2.36. The first-order chi connectivity index (χ1) is 17.7. The van der Waals surface area contributed by atoms with E-state index in [1.807, 2.05) is 53.2 Å². The number of rotatable bonds is 4. The van der Waals surface area contributed by atoms with Gasteiger partial charge in [-0.25, -0.2) is 19.6 Å². The highest BCUT2D eigenvalue weighted by Crippen LogP contribution is 2.46. The number of hydrogen-bond acceptors (Lipinski definition) is 8. The molecular formula is C26H19N9O. The van der Waals surface area contributed by atoms with Crippen molar-refractivity contribution in [2.24, 2.45) is 12.8 Å². The fraction of sp³-hybridized carbons (Fsp3) is 0.0769. The molecule has 1 aliphatic heterocycles. The minimum absolute atomic E-state index is 0.0602. The van der Waals surface area contributed by atoms with Gasteiger partial charge in [0.15, 0.2) is 5.82 Å². The van der Waals surface area contributed by atoms with Gasteiger partial charge in [0, 0.05) is 49.3 Å². The van der Waals surface area contributed by atoms with Crippen molar-refractivity contribution in [1.29, 1.82) is 5.26 Å². The van der Waals surface area contributed by atoms with Gasteiger partial charge in [-0.1, -0.05) is 18.2 Å². The zero-order valence-corrected chi connectivity index (χ0v) is 19.1. The number of pyridine rings is 1. The molecule has 1 atom stereocenters. The van der Waals surface area contributed by atoms with E-state index in [2.05, 4.69) is 31.1 Å². The lowest BCUT2D eigenvalue weighted by molar-refractivity contribution is 0.358. The van der Waals surface area contributed by atoms with E-state index in [1.165, 1.54) is 6.33 Å². The standard InChI is InChI=1S/C26H19N9O/c1-34-26-22(23(33-34)17-13-29-15-30-14-17)21(19(12-27)24(28)36-26)16-5-7-18(8-6-16)35-11-10-32-25(35)20-4-2-3-9-31-20/h2-11,13-15,21H,28H2,1H3. The van der Waals surface area contributed by atoms with Crippen molar-refractivity contribution in [3.8, 4) is 40.4 Å². The maximum atomic E-state index is 10.0. The van der Waals surface area contributed by atoms with Gasteiger partial charge in [0.1, 0.15) is 29.4 Å². The van der Waals surface area contributed by atoms with Crippen molar-refractivity contribution < 1.29 is 4.74 Å². The van der Waals surface area contributed by atoms with Crippen molar-refractivity contribution >= 4 is 0 Å². The number of aromatic nitrogens is 7. The Hall–Kier alpha value is -5.30. The highest BCUT2D eigenvalue weighted by atomic mass is 16.5. The van der Waals surface area contributed by atoms with E-state index < -0.39 is 5.92 Å². The van der Waals surface area contributed by atoms with Crippen molar-refractivity contribution in [2.45, 2.75) is 5.92 Å². The van der Waals surface area contributed by atoms with Crippen LogP contribution < -0.4 is 10.5 Å². The molecule has 1 unspecified atom stereocenters. The van der Waals surface area contributed by atoms with E-state index in [-0.39, 0.29) is 5.88 Å². The van der Waals surface area contributed by atoms with Crippen LogP contribution in [0.15, 0.2) is 91.2 Å². The van der Waals surface area contributed by atoms with Crippen LogP contribution in [-0.2, 0) is 7.05 Å².